The van der Waals surface area contributed by atoms with Gasteiger partial charge in [-0.3, -0.25) is 4.79 Å². The molecule has 29 heavy (non-hydrogen) atoms. The van der Waals surface area contributed by atoms with Crippen molar-refractivity contribution in [1.29, 1.82) is 0 Å². The monoisotopic (exact) mass is 488 g/mol. The number of thioether (sulfide) groups is 1. The predicted molar refractivity (Wildman–Crippen MR) is 120 cm³/mol. The second-order valence-electron chi connectivity index (χ2n) is 6.72. The van der Waals surface area contributed by atoms with E-state index in [1.165, 1.54) is 11.8 Å². The Hall–Kier alpha value is -2.09. The molecular weight excluding hydrogens is 472 g/mol. The lowest BCUT2D eigenvalue weighted by atomic mass is 9.93. The van der Waals surface area contributed by atoms with Gasteiger partial charge in [-0.05, 0) is 43.2 Å². The van der Waals surface area contributed by atoms with Crippen LogP contribution in [0.3, 0.4) is 0 Å². The number of hydrogen-bond donors (Lipinski definition) is 1. The summed E-state index contributed by atoms with van der Waals surface area (Å²) in [4.78, 5) is 17.1. The van der Waals surface area contributed by atoms with Crippen molar-refractivity contribution in [1.82, 2.24) is 14.8 Å². The number of carbonyl (C=O) groups is 1. The Morgan fingerprint density at radius 1 is 1.24 bits per heavy atom. The zero-order valence-corrected chi connectivity index (χ0v) is 19.0. The molecular formula is C21H18BrClN4OS. The van der Waals surface area contributed by atoms with Crippen LogP contribution in [-0.4, -0.2) is 20.5 Å². The van der Waals surface area contributed by atoms with Gasteiger partial charge in [0.1, 0.15) is 6.04 Å². The maximum atomic E-state index is 12.4. The molecule has 8 heteroatoms. The molecule has 1 aliphatic heterocycles. The number of halogens is 2. The van der Waals surface area contributed by atoms with E-state index in [-0.39, 0.29) is 11.8 Å². The van der Waals surface area contributed by atoms with E-state index in [2.05, 4.69) is 26.2 Å². The van der Waals surface area contributed by atoms with E-state index in [1.54, 1.807) is 11.6 Å². The summed E-state index contributed by atoms with van der Waals surface area (Å²) >= 11 is 11.2. The number of fused-ring (bicyclic) bond motifs is 1. The van der Waals surface area contributed by atoms with E-state index in [4.69, 9.17) is 16.7 Å². The van der Waals surface area contributed by atoms with Crippen LogP contribution >= 0.6 is 39.3 Å². The van der Waals surface area contributed by atoms with Crippen molar-refractivity contribution in [3.63, 3.8) is 0 Å². The molecule has 0 amide bonds. The Labute approximate surface area is 186 Å². The third-order valence-electron chi connectivity index (χ3n) is 4.71. The number of aromatic nitrogens is 3. The van der Waals surface area contributed by atoms with Crippen molar-refractivity contribution < 1.29 is 4.79 Å². The lowest BCUT2D eigenvalue weighted by Crippen LogP contribution is -2.27. The first kappa shape index (κ1) is 20.2. The predicted octanol–water partition coefficient (Wildman–Crippen LogP) is 5.86. The minimum atomic E-state index is -0.320. The molecule has 0 radical (unpaired) electrons. The summed E-state index contributed by atoms with van der Waals surface area (Å²) in [5, 5.41) is 9.30. The number of ketones is 1. The Bertz CT molecular complexity index is 1110. The fraction of sp³-hybridized carbons (Fsp3) is 0.190. The largest absolute Gasteiger partial charge is 0.328 e. The van der Waals surface area contributed by atoms with Crippen LogP contribution in [0.15, 0.2) is 69.4 Å². The van der Waals surface area contributed by atoms with Crippen molar-refractivity contribution in [3.05, 3.63) is 80.4 Å². The molecule has 1 aromatic heterocycles. The van der Waals surface area contributed by atoms with Crippen molar-refractivity contribution in [2.24, 2.45) is 0 Å². The molecule has 5 nitrogen and oxygen atoms in total. The summed E-state index contributed by atoms with van der Waals surface area (Å²) in [5.74, 6) is 1.30. The molecule has 148 valence electrons. The summed E-state index contributed by atoms with van der Waals surface area (Å²) in [6.07, 6.45) is 0. The molecule has 1 aliphatic rings. The van der Waals surface area contributed by atoms with Crippen molar-refractivity contribution >= 4 is 51.0 Å². The van der Waals surface area contributed by atoms with Crippen LogP contribution < -0.4 is 5.32 Å². The van der Waals surface area contributed by atoms with Gasteiger partial charge in [0.2, 0.25) is 11.1 Å². The van der Waals surface area contributed by atoms with Crippen LogP contribution in [-0.2, 0) is 10.5 Å². The third kappa shape index (κ3) is 4.13. The van der Waals surface area contributed by atoms with Crippen LogP contribution in [0.5, 0.6) is 0 Å². The molecule has 0 spiro atoms. The third-order valence-corrected chi connectivity index (χ3v) is 6.50. The first-order valence-electron chi connectivity index (χ1n) is 9.01. The number of benzene rings is 2. The average molecular weight is 490 g/mol. The van der Waals surface area contributed by atoms with E-state index in [0.29, 0.717) is 22.4 Å². The molecule has 4 rings (SSSR count). The molecule has 0 bridgehead atoms. The molecule has 1 unspecified atom stereocenters. The summed E-state index contributed by atoms with van der Waals surface area (Å²) in [6.45, 7) is 3.48. The zero-order chi connectivity index (χ0) is 20.5. The Morgan fingerprint density at radius 2 is 1.97 bits per heavy atom. The molecule has 2 heterocycles. The van der Waals surface area contributed by atoms with Crippen molar-refractivity contribution in [2.45, 2.75) is 30.8 Å². The highest BCUT2D eigenvalue weighted by atomic mass is 79.9. The Morgan fingerprint density at radius 3 is 2.66 bits per heavy atom. The molecule has 0 aliphatic carbocycles. The van der Waals surface area contributed by atoms with Crippen LogP contribution in [0.25, 0.3) is 0 Å². The molecule has 1 atom stereocenters. The van der Waals surface area contributed by atoms with Crippen LogP contribution in [0.2, 0.25) is 5.02 Å². The fourth-order valence-electron chi connectivity index (χ4n) is 3.36. The van der Waals surface area contributed by atoms with E-state index >= 15 is 0 Å². The molecule has 3 aromatic rings. The van der Waals surface area contributed by atoms with Gasteiger partial charge in [0.05, 0.1) is 0 Å². The standard InChI is InChI=1S/C21H18BrClN4OS/c1-12-18(13(2)28)19(14-7-9-16(22)10-8-14)27-20(24-12)25-21(26-27)29-11-15-5-3-4-6-17(15)23/h3-10,19H,11H2,1-2H3,(H,24,25,26). The van der Waals surface area contributed by atoms with Gasteiger partial charge >= 0.3 is 0 Å². The summed E-state index contributed by atoms with van der Waals surface area (Å²) in [5.41, 5.74) is 3.50. The number of nitrogens with one attached hydrogen (secondary N) is 1. The number of rotatable bonds is 5. The minimum Gasteiger partial charge on any atom is -0.328 e. The minimum absolute atomic E-state index is 0.00865. The second kappa shape index (κ2) is 8.34. The molecule has 0 fully saturated rings. The van der Waals surface area contributed by atoms with Gasteiger partial charge in [0.25, 0.3) is 0 Å². The SMILES string of the molecule is CC(=O)C1=C(C)Nc2nc(SCc3ccccc3Cl)nn2C1c1ccc(Br)cc1. The maximum Gasteiger partial charge on any atom is 0.227 e. The summed E-state index contributed by atoms with van der Waals surface area (Å²) < 4.78 is 2.78. The number of carbonyl (C=O) groups excluding carboxylic acids is 1. The smallest absolute Gasteiger partial charge is 0.227 e. The van der Waals surface area contributed by atoms with Gasteiger partial charge in [0, 0.05) is 26.5 Å². The van der Waals surface area contributed by atoms with Crippen LogP contribution in [0.1, 0.15) is 31.0 Å². The van der Waals surface area contributed by atoms with Crippen LogP contribution in [0.4, 0.5) is 5.95 Å². The van der Waals surface area contributed by atoms with Gasteiger partial charge in [-0.15, -0.1) is 5.10 Å². The highest BCUT2D eigenvalue weighted by molar-refractivity contribution is 9.10. The van der Waals surface area contributed by atoms with Gasteiger partial charge in [-0.25, -0.2) is 4.68 Å². The van der Waals surface area contributed by atoms with Gasteiger partial charge in [0.15, 0.2) is 5.78 Å². The van der Waals surface area contributed by atoms with Crippen molar-refractivity contribution in [2.75, 3.05) is 5.32 Å². The average Bonchev–Trinajstić information content (AvgIpc) is 3.09. The lowest BCUT2D eigenvalue weighted by molar-refractivity contribution is -0.114. The first-order chi connectivity index (χ1) is 13.9. The first-order valence-corrected chi connectivity index (χ1v) is 11.2. The van der Waals surface area contributed by atoms with Gasteiger partial charge in [-0.2, -0.15) is 4.98 Å². The number of anilines is 1. The van der Waals surface area contributed by atoms with Gasteiger partial charge in [-0.1, -0.05) is 69.6 Å². The Balaban J connectivity index is 1.69. The topological polar surface area (TPSA) is 59.8 Å². The van der Waals surface area contributed by atoms with E-state index in [0.717, 1.165) is 26.3 Å². The van der Waals surface area contributed by atoms with E-state index in [9.17, 15) is 4.79 Å². The van der Waals surface area contributed by atoms with Crippen molar-refractivity contribution in [3.8, 4) is 0 Å². The molecule has 2 aromatic carbocycles. The Kier molecular flexibility index (Phi) is 5.81. The summed E-state index contributed by atoms with van der Waals surface area (Å²) in [7, 11) is 0. The number of hydrogen-bond acceptors (Lipinski definition) is 5. The highest BCUT2D eigenvalue weighted by Crippen LogP contribution is 2.37. The van der Waals surface area contributed by atoms with Crippen LogP contribution in [0, 0.1) is 0 Å². The molecule has 0 saturated heterocycles. The number of Topliss-reactive ketones (excluding diaryl/α,β-unsaturated/α-hetero) is 1. The molecule has 0 saturated carbocycles. The van der Waals surface area contributed by atoms with E-state index < -0.39 is 0 Å². The second-order valence-corrected chi connectivity index (χ2v) is 8.98. The zero-order valence-electron chi connectivity index (χ0n) is 15.8. The van der Waals surface area contributed by atoms with E-state index in [1.807, 2.05) is 55.5 Å². The highest BCUT2D eigenvalue weighted by Gasteiger charge is 2.32. The number of allylic oxidation sites excluding steroid dienone is 2. The van der Waals surface area contributed by atoms with Gasteiger partial charge < -0.3 is 5.32 Å². The lowest BCUT2D eigenvalue weighted by Gasteiger charge is -2.28. The maximum absolute atomic E-state index is 12.4. The fourth-order valence-corrected chi connectivity index (χ4v) is 4.74. The quantitative estimate of drug-likeness (QED) is 0.455. The molecule has 1 N–H and O–H groups in total. The number of nitrogens with zero attached hydrogens (tertiary/aromatic N) is 3. The summed E-state index contributed by atoms with van der Waals surface area (Å²) in [6, 6.07) is 15.4. The normalized spacial score (nSPS) is 15.8.